The largest absolute Gasteiger partial charge is 0.493 e. The van der Waals surface area contributed by atoms with Crippen molar-refractivity contribution >= 4 is 23.4 Å². The van der Waals surface area contributed by atoms with Crippen LogP contribution in [-0.2, 0) is 24.2 Å². The van der Waals surface area contributed by atoms with Crippen LogP contribution in [0.15, 0.2) is 66.7 Å². The Bertz CT molecular complexity index is 1840. The fraction of sp³-hybridized carbons (Fsp3) is 0.400. The van der Waals surface area contributed by atoms with Gasteiger partial charge in [-0.25, -0.2) is 4.68 Å². The Kier molecular flexibility index (Phi) is 12.5. The van der Waals surface area contributed by atoms with Crippen molar-refractivity contribution in [3.8, 4) is 17.2 Å². The molecule has 0 aliphatic carbocycles. The topological polar surface area (TPSA) is 126 Å². The van der Waals surface area contributed by atoms with Crippen LogP contribution in [0, 0.1) is 6.92 Å². The molecule has 0 bridgehead atoms. The zero-order valence-corrected chi connectivity index (χ0v) is 30.3. The number of aromatic nitrogens is 2. The van der Waals surface area contributed by atoms with E-state index in [2.05, 4.69) is 19.2 Å². The van der Waals surface area contributed by atoms with Crippen LogP contribution in [-0.4, -0.2) is 82.4 Å². The van der Waals surface area contributed by atoms with Crippen molar-refractivity contribution in [3.63, 3.8) is 0 Å². The number of hydrogen-bond acceptors (Lipinski definition) is 7. The zero-order chi connectivity index (χ0) is 36.5. The van der Waals surface area contributed by atoms with Crippen molar-refractivity contribution in [1.82, 2.24) is 19.6 Å². The molecular formula is C40H49N5O6. The molecule has 3 amide bonds. The number of anilines is 1. The number of ether oxygens (including phenoxy) is 2. The van der Waals surface area contributed by atoms with Crippen molar-refractivity contribution in [3.05, 3.63) is 100 Å². The molecule has 1 aliphatic heterocycles. The van der Waals surface area contributed by atoms with E-state index >= 15 is 0 Å². The molecule has 2 heterocycles. The van der Waals surface area contributed by atoms with Gasteiger partial charge in [-0.2, -0.15) is 5.10 Å². The molecule has 11 heteroatoms. The van der Waals surface area contributed by atoms with Crippen LogP contribution >= 0.6 is 0 Å². The molecule has 0 radical (unpaired) electrons. The van der Waals surface area contributed by atoms with Crippen LogP contribution in [0.5, 0.6) is 11.5 Å². The van der Waals surface area contributed by atoms with Gasteiger partial charge in [-0.1, -0.05) is 57.0 Å². The van der Waals surface area contributed by atoms with Gasteiger partial charge in [0.1, 0.15) is 0 Å². The second-order valence-corrected chi connectivity index (χ2v) is 13.0. The molecule has 2 N–H and O–H groups in total. The highest BCUT2D eigenvalue weighted by atomic mass is 16.5. The number of benzene rings is 3. The second kappa shape index (κ2) is 17.2. The van der Waals surface area contributed by atoms with E-state index in [1.807, 2.05) is 36.1 Å². The van der Waals surface area contributed by atoms with Crippen LogP contribution in [0.1, 0.15) is 82.8 Å². The minimum atomic E-state index is -0.440. The summed E-state index contributed by atoms with van der Waals surface area (Å²) in [5.74, 6) is 0.350. The number of methoxy groups -OCH3 is 2. The van der Waals surface area contributed by atoms with Crippen molar-refractivity contribution in [2.75, 3.05) is 39.2 Å². The van der Waals surface area contributed by atoms with E-state index in [1.54, 1.807) is 66.3 Å². The standard InChI is InChI=1S/C40H49N5O6/c1-6-8-18-43(19-9-7-2)40(49)34-20-27(3)45(42-34)35-16-15-31(41-38(47)22-28-14-17-36(50-4)37(21-28)51-5)24-33(35)39(48)44-25-30-13-11-10-12-29(30)23-32(44)26-46/h10-17,20-21,24,32,46H,6-9,18-19,22-23,25-26H2,1-5H3,(H,41,47). The number of unbranched alkanes of at least 4 members (excludes halogenated alkanes) is 2. The lowest BCUT2D eigenvalue weighted by atomic mass is 9.93. The average molecular weight is 696 g/mol. The van der Waals surface area contributed by atoms with Crippen molar-refractivity contribution in [2.45, 2.75) is 71.9 Å². The Balaban J connectivity index is 1.50. The molecule has 1 aliphatic rings. The van der Waals surface area contributed by atoms with Crippen LogP contribution in [0.4, 0.5) is 5.69 Å². The third kappa shape index (κ3) is 8.60. The maximum Gasteiger partial charge on any atom is 0.274 e. The molecule has 0 saturated heterocycles. The van der Waals surface area contributed by atoms with Crippen LogP contribution in [0.3, 0.4) is 0 Å². The molecule has 1 unspecified atom stereocenters. The molecule has 11 nitrogen and oxygen atoms in total. The Labute approximate surface area is 300 Å². The van der Waals surface area contributed by atoms with Gasteiger partial charge in [-0.05, 0) is 79.3 Å². The first-order valence-electron chi connectivity index (χ1n) is 17.7. The summed E-state index contributed by atoms with van der Waals surface area (Å²) in [6.45, 7) is 7.48. The lowest BCUT2D eigenvalue weighted by Crippen LogP contribution is -2.46. The number of carbonyl (C=O) groups is 3. The monoisotopic (exact) mass is 695 g/mol. The van der Waals surface area contributed by atoms with Gasteiger partial charge in [0, 0.05) is 31.0 Å². The lowest BCUT2D eigenvalue weighted by molar-refractivity contribution is -0.115. The van der Waals surface area contributed by atoms with Gasteiger partial charge in [0.25, 0.3) is 11.8 Å². The van der Waals surface area contributed by atoms with Crippen molar-refractivity contribution < 1.29 is 29.0 Å². The van der Waals surface area contributed by atoms with Gasteiger partial charge in [-0.3, -0.25) is 14.4 Å². The molecule has 0 saturated carbocycles. The van der Waals surface area contributed by atoms with E-state index in [0.29, 0.717) is 60.3 Å². The number of hydrogen-bond donors (Lipinski definition) is 2. The summed E-state index contributed by atoms with van der Waals surface area (Å²) in [6.07, 6.45) is 4.33. The number of aliphatic hydroxyl groups excluding tert-OH is 1. The first kappa shape index (κ1) is 37.1. The quantitative estimate of drug-likeness (QED) is 0.157. The van der Waals surface area contributed by atoms with Gasteiger partial charge in [0.15, 0.2) is 17.2 Å². The molecule has 4 aromatic rings. The number of fused-ring (bicyclic) bond motifs is 1. The first-order valence-corrected chi connectivity index (χ1v) is 17.7. The lowest BCUT2D eigenvalue weighted by Gasteiger charge is -2.36. The summed E-state index contributed by atoms with van der Waals surface area (Å²) in [6, 6.07) is 19.7. The fourth-order valence-corrected chi connectivity index (χ4v) is 6.49. The molecule has 1 atom stereocenters. The summed E-state index contributed by atoms with van der Waals surface area (Å²) in [4.78, 5) is 45.1. The number of aliphatic hydroxyl groups is 1. The van der Waals surface area contributed by atoms with E-state index in [4.69, 9.17) is 14.6 Å². The number of carbonyl (C=O) groups excluding carboxylic acids is 3. The number of nitrogens with one attached hydrogen (secondary N) is 1. The van der Waals surface area contributed by atoms with E-state index in [1.165, 1.54) is 0 Å². The van der Waals surface area contributed by atoms with Crippen molar-refractivity contribution in [2.24, 2.45) is 0 Å². The minimum absolute atomic E-state index is 0.0666. The molecule has 0 fully saturated rings. The fourth-order valence-electron chi connectivity index (χ4n) is 6.49. The first-order chi connectivity index (χ1) is 24.7. The van der Waals surface area contributed by atoms with Crippen LogP contribution in [0.2, 0.25) is 0 Å². The summed E-state index contributed by atoms with van der Waals surface area (Å²) < 4.78 is 12.3. The number of aryl methyl sites for hydroxylation is 1. The Morgan fingerprint density at radius 2 is 1.63 bits per heavy atom. The molecule has 1 aromatic heterocycles. The molecule has 270 valence electrons. The van der Waals surface area contributed by atoms with Gasteiger partial charge in [-0.15, -0.1) is 0 Å². The molecule has 3 aromatic carbocycles. The number of amides is 3. The summed E-state index contributed by atoms with van der Waals surface area (Å²) in [7, 11) is 3.09. The third-order valence-electron chi connectivity index (χ3n) is 9.34. The van der Waals surface area contributed by atoms with Crippen molar-refractivity contribution in [1.29, 1.82) is 0 Å². The highest BCUT2D eigenvalue weighted by molar-refractivity contribution is 6.01. The number of rotatable bonds is 15. The van der Waals surface area contributed by atoms with Crippen LogP contribution < -0.4 is 14.8 Å². The van der Waals surface area contributed by atoms with Gasteiger partial charge >= 0.3 is 0 Å². The maximum absolute atomic E-state index is 14.6. The molecule has 5 rings (SSSR count). The Hall–Kier alpha value is -5.16. The van der Waals surface area contributed by atoms with Gasteiger partial charge in [0.2, 0.25) is 5.91 Å². The predicted molar refractivity (Wildman–Crippen MR) is 197 cm³/mol. The summed E-state index contributed by atoms with van der Waals surface area (Å²) in [5, 5.41) is 18.1. The number of nitrogens with zero attached hydrogens (tertiary/aromatic N) is 4. The van der Waals surface area contributed by atoms with E-state index in [9.17, 15) is 19.5 Å². The predicted octanol–water partition coefficient (Wildman–Crippen LogP) is 5.98. The highest BCUT2D eigenvalue weighted by Gasteiger charge is 2.32. The smallest absolute Gasteiger partial charge is 0.274 e. The minimum Gasteiger partial charge on any atom is -0.493 e. The highest BCUT2D eigenvalue weighted by Crippen LogP contribution is 2.30. The average Bonchev–Trinajstić information content (AvgIpc) is 3.54. The third-order valence-corrected chi connectivity index (χ3v) is 9.34. The normalized spacial score (nSPS) is 13.8. The second-order valence-electron chi connectivity index (χ2n) is 13.0. The maximum atomic E-state index is 14.6. The summed E-state index contributed by atoms with van der Waals surface area (Å²) in [5.41, 5.74) is 5.02. The Morgan fingerprint density at radius 1 is 0.922 bits per heavy atom. The summed E-state index contributed by atoms with van der Waals surface area (Å²) >= 11 is 0. The van der Waals surface area contributed by atoms with Gasteiger partial charge < -0.3 is 29.7 Å². The van der Waals surface area contributed by atoms with Gasteiger partial charge in [0.05, 0.1) is 44.5 Å². The van der Waals surface area contributed by atoms with E-state index in [0.717, 1.165) is 42.4 Å². The Morgan fingerprint density at radius 3 is 2.29 bits per heavy atom. The molecule has 51 heavy (non-hydrogen) atoms. The molecule has 0 spiro atoms. The van der Waals surface area contributed by atoms with E-state index in [-0.39, 0.29) is 36.3 Å². The van der Waals surface area contributed by atoms with Crippen LogP contribution in [0.25, 0.3) is 5.69 Å². The zero-order valence-electron chi connectivity index (χ0n) is 30.3. The molecular weight excluding hydrogens is 646 g/mol. The van der Waals surface area contributed by atoms with E-state index < -0.39 is 6.04 Å². The SMILES string of the molecule is CCCCN(CCCC)C(=O)c1cc(C)n(-c2ccc(NC(=O)Cc3ccc(OC)c(OC)c3)cc2C(=O)N2Cc3ccccc3CC2CO)n1.